The quantitative estimate of drug-likeness (QED) is 0.524. The fourth-order valence-electron chi connectivity index (χ4n) is 2.60. The summed E-state index contributed by atoms with van der Waals surface area (Å²) in [6.07, 6.45) is 0. The molecule has 0 atom stereocenters. The van der Waals surface area contributed by atoms with Gasteiger partial charge in [0.05, 0.1) is 25.7 Å². The number of carbonyl (C=O) groups excluding carboxylic acids is 1. The third kappa shape index (κ3) is 3.33. The Balaban J connectivity index is 1.90. The lowest BCUT2D eigenvalue weighted by Gasteiger charge is -2.09. The van der Waals surface area contributed by atoms with Crippen molar-refractivity contribution in [3.8, 4) is 0 Å². The highest BCUT2D eigenvalue weighted by Crippen LogP contribution is 2.26. The number of anilines is 1. The van der Waals surface area contributed by atoms with Crippen molar-refractivity contribution in [2.24, 2.45) is 0 Å². The maximum Gasteiger partial charge on any atom is 0.308 e. The van der Waals surface area contributed by atoms with Gasteiger partial charge >= 0.3 is 4.87 Å². The van der Waals surface area contributed by atoms with Crippen molar-refractivity contribution < 1.29 is 9.72 Å². The van der Waals surface area contributed by atoms with E-state index in [-0.39, 0.29) is 27.2 Å². The van der Waals surface area contributed by atoms with Gasteiger partial charge in [-0.15, -0.1) is 0 Å². The molecule has 0 saturated carbocycles. The molecule has 0 aliphatic rings. The Morgan fingerprint density at radius 2 is 2.00 bits per heavy atom. The topological polar surface area (TPSA) is 94.2 Å². The summed E-state index contributed by atoms with van der Waals surface area (Å²) in [5.74, 6) is -0.486. The molecule has 0 saturated heterocycles. The Bertz CT molecular complexity index is 1090. The first kappa shape index (κ1) is 18.1. The summed E-state index contributed by atoms with van der Waals surface area (Å²) in [5, 5.41) is 13.4. The second-order valence-electron chi connectivity index (χ2n) is 5.89. The van der Waals surface area contributed by atoms with Crippen LogP contribution >= 0.6 is 22.9 Å². The number of fused-ring (bicyclic) bond motifs is 1. The number of hydrogen-bond acceptors (Lipinski definition) is 5. The van der Waals surface area contributed by atoms with E-state index in [0.717, 1.165) is 27.6 Å². The highest BCUT2D eigenvalue weighted by molar-refractivity contribution is 7.16. The van der Waals surface area contributed by atoms with E-state index in [1.165, 1.54) is 12.1 Å². The molecule has 3 rings (SSSR count). The maximum absolute atomic E-state index is 12.4. The van der Waals surface area contributed by atoms with Crippen LogP contribution < -0.4 is 10.2 Å². The number of benzene rings is 2. The van der Waals surface area contributed by atoms with Crippen LogP contribution in [0.15, 0.2) is 41.2 Å². The van der Waals surface area contributed by atoms with E-state index in [1.807, 2.05) is 13.8 Å². The highest BCUT2D eigenvalue weighted by Gasteiger charge is 2.16. The van der Waals surface area contributed by atoms with E-state index in [2.05, 4.69) is 5.32 Å². The highest BCUT2D eigenvalue weighted by atomic mass is 35.5. The fourth-order valence-corrected chi connectivity index (χ4v) is 3.92. The minimum absolute atomic E-state index is 0.00612. The van der Waals surface area contributed by atoms with Crippen molar-refractivity contribution >= 4 is 50.4 Å². The number of halogens is 1. The molecule has 134 valence electrons. The monoisotopic (exact) mass is 391 g/mol. The zero-order chi connectivity index (χ0) is 19.0. The standard InChI is InChI=1S/C17H14ClN3O4S/c1-9(2)20-14-6-3-10(7-15(14)26-17(20)23)19-16(22)12-5-4-11(21(24)25)8-13(12)18/h3-9H,1-2H3,(H,19,22). The summed E-state index contributed by atoms with van der Waals surface area (Å²) in [6.45, 7) is 3.86. The van der Waals surface area contributed by atoms with Crippen molar-refractivity contribution in [1.29, 1.82) is 0 Å². The number of non-ortho nitro benzene ring substituents is 1. The van der Waals surface area contributed by atoms with Gasteiger partial charge < -0.3 is 5.32 Å². The smallest absolute Gasteiger partial charge is 0.308 e. The summed E-state index contributed by atoms with van der Waals surface area (Å²) >= 11 is 7.09. The Kier molecular flexibility index (Phi) is 4.80. The lowest BCUT2D eigenvalue weighted by molar-refractivity contribution is -0.384. The van der Waals surface area contributed by atoms with Gasteiger partial charge in [-0.05, 0) is 38.1 Å². The molecule has 0 aliphatic carbocycles. The first-order valence-corrected chi connectivity index (χ1v) is 8.87. The minimum Gasteiger partial charge on any atom is -0.322 e. The molecule has 1 aromatic heterocycles. The van der Waals surface area contributed by atoms with Crippen LogP contribution in [0.2, 0.25) is 5.02 Å². The van der Waals surface area contributed by atoms with Crippen molar-refractivity contribution in [3.05, 3.63) is 66.8 Å². The molecule has 0 aliphatic heterocycles. The van der Waals surface area contributed by atoms with E-state index >= 15 is 0 Å². The van der Waals surface area contributed by atoms with Gasteiger partial charge in [-0.1, -0.05) is 22.9 Å². The molecule has 7 nitrogen and oxygen atoms in total. The molecule has 2 aromatic carbocycles. The van der Waals surface area contributed by atoms with E-state index < -0.39 is 10.8 Å². The molecular weight excluding hydrogens is 378 g/mol. The number of hydrogen-bond donors (Lipinski definition) is 1. The molecule has 0 unspecified atom stereocenters. The number of carbonyl (C=O) groups is 1. The molecule has 3 aromatic rings. The van der Waals surface area contributed by atoms with Crippen LogP contribution in [0.1, 0.15) is 30.2 Å². The van der Waals surface area contributed by atoms with Gasteiger partial charge in [-0.3, -0.25) is 24.3 Å². The molecular formula is C17H14ClN3O4S. The second-order valence-corrected chi connectivity index (χ2v) is 7.29. The molecule has 1 heterocycles. The molecule has 9 heteroatoms. The largest absolute Gasteiger partial charge is 0.322 e. The van der Waals surface area contributed by atoms with Gasteiger partial charge in [0.2, 0.25) is 0 Å². The molecule has 0 fully saturated rings. The van der Waals surface area contributed by atoms with Crippen LogP contribution in [-0.4, -0.2) is 15.4 Å². The first-order chi connectivity index (χ1) is 12.3. The third-order valence-electron chi connectivity index (χ3n) is 3.80. The molecule has 0 bridgehead atoms. The third-order valence-corrected chi connectivity index (χ3v) is 5.03. The summed E-state index contributed by atoms with van der Waals surface area (Å²) in [5.41, 5.74) is 1.26. The lowest BCUT2D eigenvalue weighted by Crippen LogP contribution is -2.14. The van der Waals surface area contributed by atoms with Crippen LogP contribution in [0.4, 0.5) is 11.4 Å². The van der Waals surface area contributed by atoms with E-state index in [1.54, 1.807) is 22.8 Å². The summed E-state index contributed by atoms with van der Waals surface area (Å²) in [7, 11) is 0. The number of nitro benzene ring substituents is 1. The van der Waals surface area contributed by atoms with Crippen LogP contribution in [-0.2, 0) is 0 Å². The van der Waals surface area contributed by atoms with Gasteiger partial charge in [0.25, 0.3) is 11.6 Å². The minimum atomic E-state index is -0.581. The van der Waals surface area contributed by atoms with Crippen LogP contribution in [0.3, 0.4) is 0 Å². The van der Waals surface area contributed by atoms with E-state index in [9.17, 15) is 19.7 Å². The second kappa shape index (κ2) is 6.89. The van der Waals surface area contributed by atoms with Crippen molar-refractivity contribution in [1.82, 2.24) is 4.57 Å². The first-order valence-electron chi connectivity index (χ1n) is 7.68. The SMILES string of the molecule is CC(C)n1c(=O)sc2cc(NC(=O)c3ccc([N+](=O)[O-])cc3Cl)ccc21. The van der Waals surface area contributed by atoms with Crippen LogP contribution in [0.25, 0.3) is 10.2 Å². The van der Waals surface area contributed by atoms with E-state index in [0.29, 0.717) is 5.69 Å². The molecule has 1 N–H and O–H groups in total. The van der Waals surface area contributed by atoms with Crippen molar-refractivity contribution in [2.45, 2.75) is 19.9 Å². The summed E-state index contributed by atoms with van der Waals surface area (Å²) in [6, 6.07) is 8.90. The van der Waals surface area contributed by atoms with Crippen molar-refractivity contribution in [3.63, 3.8) is 0 Å². The van der Waals surface area contributed by atoms with Gasteiger partial charge in [-0.2, -0.15) is 0 Å². The molecule has 0 radical (unpaired) electrons. The zero-order valence-electron chi connectivity index (χ0n) is 13.9. The maximum atomic E-state index is 12.4. The zero-order valence-corrected chi connectivity index (χ0v) is 15.4. The Morgan fingerprint density at radius 1 is 1.27 bits per heavy atom. The number of nitrogens with one attached hydrogen (secondary N) is 1. The number of thiazole rings is 1. The van der Waals surface area contributed by atoms with E-state index in [4.69, 9.17) is 11.6 Å². The number of rotatable bonds is 4. The Labute approximate surface area is 157 Å². The van der Waals surface area contributed by atoms with Gasteiger partial charge in [0.15, 0.2) is 0 Å². The normalized spacial score (nSPS) is 11.1. The van der Waals surface area contributed by atoms with Gasteiger partial charge in [-0.25, -0.2) is 0 Å². The summed E-state index contributed by atoms with van der Waals surface area (Å²) in [4.78, 5) is 34.6. The Morgan fingerprint density at radius 3 is 2.62 bits per heavy atom. The number of nitrogens with zero attached hydrogens (tertiary/aromatic N) is 2. The van der Waals surface area contributed by atoms with Gasteiger partial charge in [0, 0.05) is 23.9 Å². The van der Waals surface area contributed by atoms with Crippen molar-refractivity contribution in [2.75, 3.05) is 5.32 Å². The Hall–Kier alpha value is -2.71. The average molecular weight is 392 g/mol. The predicted octanol–water partition coefficient (Wildman–Crippen LogP) is 4.46. The number of amides is 1. The van der Waals surface area contributed by atoms with Crippen LogP contribution in [0, 0.1) is 10.1 Å². The lowest BCUT2D eigenvalue weighted by atomic mass is 10.2. The molecule has 0 spiro atoms. The average Bonchev–Trinajstić information content (AvgIpc) is 2.89. The summed E-state index contributed by atoms with van der Waals surface area (Å²) < 4.78 is 2.45. The molecule has 1 amide bonds. The number of aromatic nitrogens is 1. The van der Waals surface area contributed by atoms with Crippen LogP contribution in [0.5, 0.6) is 0 Å². The van der Waals surface area contributed by atoms with Gasteiger partial charge in [0.1, 0.15) is 0 Å². The fraction of sp³-hybridized carbons (Fsp3) is 0.176. The predicted molar refractivity (Wildman–Crippen MR) is 103 cm³/mol. The molecule has 26 heavy (non-hydrogen) atoms. The number of nitro groups is 1.